The number of benzene rings is 2. The highest BCUT2D eigenvalue weighted by molar-refractivity contribution is 7.89. The van der Waals surface area contributed by atoms with Crippen molar-refractivity contribution in [3.63, 3.8) is 0 Å². The molecule has 0 spiro atoms. The molecule has 2 N–H and O–H groups in total. The molecule has 0 atom stereocenters. The molecule has 34 heavy (non-hydrogen) atoms. The molecule has 0 aliphatic carbocycles. The monoisotopic (exact) mass is 494 g/mol. The van der Waals surface area contributed by atoms with Crippen molar-refractivity contribution in [2.45, 2.75) is 18.4 Å². The smallest absolute Gasteiger partial charge is 0.291 e. The van der Waals surface area contributed by atoms with Gasteiger partial charge >= 0.3 is 0 Å². The minimum atomic E-state index is -3.76. The first kappa shape index (κ1) is 22.0. The first-order chi connectivity index (χ1) is 16.3. The Morgan fingerprint density at radius 1 is 1.12 bits per heavy atom. The summed E-state index contributed by atoms with van der Waals surface area (Å²) in [6.45, 7) is 2.11. The predicted octanol–water partition coefficient (Wildman–Crippen LogP) is 2.49. The highest BCUT2D eigenvalue weighted by Gasteiger charge is 2.13. The number of thiazole rings is 1. The van der Waals surface area contributed by atoms with E-state index in [1.807, 2.05) is 31.2 Å². The summed E-state index contributed by atoms with van der Waals surface area (Å²) >= 11 is 1.20. The Morgan fingerprint density at radius 3 is 2.59 bits per heavy atom. The second-order valence-corrected chi connectivity index (χ2v) is 10.0. The van der Waals surface area contributed by atoms with E-state index in [1.54, 1.807) is 30.3 Å². The predicted molar refractivity (Wildman–Crippen MR) is 127 cm³/mol. The molecule has 5 rings (SSSR count). The van der Waals surface area contributed by atoms with Crippen LogP contribution >= 0.6 is 11.3 Å². The van der Waals surface area contributed by atoms with E-state index in [1.165, 1.54) is 28.0 Å². The van der Waals surface area contributed by atoms with E-state index in [4.69, 9.17) is 14.3 Å². The van der Waals surface area contributed by atoms with Crippen LogP contribution < -0.4 is 20.0 Å². The largest absolute Gasteiger partial charge is 0.485 e. The molecule has 0 unspecified atom stereocenters. The van der Waals surface area contributed by atoms with Gasteiger partial charge in [-0.2, -0.15) is 9.50 Å². The molecule has 0 fully saturated rings. The fraction of sp³-hybridized carbons (Fsp3) is 0.0870. The second-order valence-electron chi connectivity index (χ2n) is 7.46. The van der Waals surface area contributed by atoms with E-state index in [9.17, 15) is 13.2 Å². The number of hydrogen-bond donors (Lipinski definition) is 1. The number of fused-ring (bicyclic) bond motifs is 1. The van der Waals surface area contributed by atoms with Gasteiger partial charge in [-0.15, -0.1) is 5.10 Å². The Hall–Kier alpha value is -3.80. The van der Waals surface area contributed by atoms with Crippen LogP contribution in [0.1, 0.15) is 17.1 Å². The Kier molecular flexibility index (Phi) is 5.52. The maximum atomic E-state index is 12.8. The van der Waals surface area contributed by atoms with Crippen LogP contribution in [0.5, 0.6) is 5.75 Å². The SMILES string of the molecule is Cc1ccccc1OCc1nc2sc(=Cc3ccc(-c4ccc(S(N)(=O)=O)cc4)o3)c(=O)n2n1. The van der Waals surface area contributed by atoms with Crippen LogP contribution in [-0.4, -0.2) is 23.0 Å². The Balaban J connectivity index is 1.37. The molecular weight excluding hydrogens is 476 g/mol. The van der Waals surface area contributed by atoms with Gasteiger partial charge in [-0.25, -0.2) is 13.6 Å². The molecule has 2 aromatic carbocycles. The third-order valence-corrected chi connectivity index (χ3v) is 6.93. The lowest BCUT2D eigenvalue weighted by Gasteiger charge is -2.05. The summed E-state index contributed by atoms with van der Waals surface area (Å²) in [7, 11) is -3.76. The van der Waals surface area contributed by atoms with Crippen molar-refractivity contribution >= 4 is 32.4 Å². The summed E-state index contributed by atoms with van der Waals surface area (Å²) in [6, 6.07) is 17.1. The van der Waals surface area contributed by atoms with Crippen LogP contribution in [0, 0.1) is 6.92 Å². The van der Waals surface area contributed by atoms with E-state index in [2.05, 4.69) is 10.1 Å². The van der Waals surface area contributed by atoms with E-state index in [0.29, 0.717) is 32.4 Å². The van der Waals surface area contributed by atoms with E-state index in [-0.39, 0.29) is 17.1 Å². The van der Waals surface area contributed by atoms with Crippen molar-refractivity contribution in [1.82, 2.24) is 14.6 Å². The van der Waals surface area contributed by atoms with Crippen molar-refractivity contribution in [2.24, 2.45) is 5.14 Å². The minimum absolute atomic E-state index is 0.0173. The zero-order valence-electron chi connectivity index (χ0n) is 17.8. The summed E-state index contributed by atoms with van der Waals surface area (Å²) in [6.07, 6.45) is 1.62. The van der Waals surface area contributed by atoms with Crippen molar-refractivity contribution in [3.05, 3.63) is 92.7 Å². The van der Waals surface area contributed by atoms with Gasteiger partial charge in [0, 0.05) is 11.6 Å². The first-order valence-electron chi connectivity index (χ1n) is 10.1. The lowest BCUT2D eigenvalue weighted by molar-refractivity contribution is 0.294. The number of nitrogens with two attached hydrogens (primary N) is 1. The first-order valence-corrected chi connectivity index (χ1v) is 12.5. The lowest BCUT2D eigenvalue weighted by Crippen LogP contribution is -2.23. The van der Waals surface area contributed by atoms with Crippen LogP contribution in [0.15, 0.2) is 74.8 Å². The molecule has 3 aromatic heterocycles. The number of aryl methyl sites for hydroxylation is 1. The van der Waals surface area contributed by atoms with Gasteiger partial charge in [0.05, 0.1) is 4.90 Å². The van der Waals surface area contributed by atoms with Crippen LogP contribution in [0.3, 0.4) is 0 Å². The summed E-state index contributed by atoms with van der Waals surface area (Å²) in [5.41, 5.74) is 1.38. The average Bonchev–Trinajstić information content (AvgIpc) is 3.50. The van der Waals surface area contributed by atoms with Gasteiger partial charge in [-0.1, -0.05) is 29.5 Å². The molecule has 0 amide bonds. The Bertz CT molecular complexity index is 1720. The van der Waals surface area contributed by atoms with Crippen molar-refractivity contribution in [2.75, 3.05) is 0 Å². The van der Waals surface area contributed by atoms with Gasteiger partial charge in [-0.05, 0) is 55.0 Å². The van der Waals surface area contributed by atoms with Crippen LogP contribution in [0.2, 0.25) is 0 Å². The third-order valence-electron chi connectivity index (χ3n) is 5.04. The van der Waals surface area contributed by atoms with Crippen LogP contribution in [0.25, 0.3) is 22.4 Å². The number of primary sulfonamides is 1. The molecule has 3 heterocycles. The highest BCUT2D eigenvalue weighted by Crippen LogP contribution is 2.24. The van der Waals surface area contributed by atoms with E-state index >= 15 is 0 Å². The minimum Gasteiger partial charge on any atom is -0.485 e. The number of para-hydroxylation sites is 1. The molecular formula is C23H18N4O5S2. The molecule has 0 saturated heterocycles. The molecule has 5 aromatic rings. The Labute approximate surface area is 197 Å². The quantitative estimate of drug-likeness (QED) is 0.384. The molecule has 11 heteroatoms. The molecule has 0 aliphatic heterocycles. The maximum absolute atomic E-state index is 12.8. The van der Waals surface area contributed by atoms with Crippen LogP contribution in [-0.2, 0) is 16.6 Å². The molecule has 172 valence electrons. The van der Waals surface area contributed by atoms with Gasteiger partial charge in [0.2, 0.25) is 15.0 Å². The number of hydrogen-bond acceptors (Lipinski definition) is 8. The van der Waals surface area contributed by atoms with Crippen molar-refractivity contribution in [1.29, 1.82) is 0 Å². The van der Waals surface area contributed by atoms with Crippen molar-refractivity contribution in [3.8, 4) is 17.1 Å². The van der Waals surface area contributed by atoms with Gasteiger partial charge in [-0.3, -0.25) is 4.79 Å². The normalized spacial score (nSPS) is 12.5. The summed E-state index contributed by atoms with van der Waals surface area (Å²) in [4.78, 5) is 17.6. The molecule has 0 saturated carbocycles. The summed E-state index contributed by atoms with van der Waals surface area (Å²) in [5, 5.41) is 9.40. The zero-order chi connectivity index (χ0) is 23.9. The van der Waals surface area contributed by atoms with Crippen molar-refractivity contribution < 1.29 is 17.6 Å². The third kappa shape index (κ3) is 4.36. The fourth-order valence-electron chi connectivity index (χ4n) is 3.32. The van der Waals surface area contributed by atoms with E-state index < -0.39 is 10.0 Å². The van der Waals surface area contributed by atoms with Crippen LogP contribution in [0.4, 0.5) is 0 Å². The van der Waals surface area contributed by atoms with Gasteiger partial charge in [0.1, 0.15) is 28.4 Å². The maximum Gasteiger partial charge on any atom is 0.291 e. The number of aromatic nitrogens is 3. The number of nitrogens with zero attached hydrogens (tertiary/aromatic N) is 3. The van der Waals surface area contributed by atoms with Gasteiger partial charge in [0.15, 0.2) is 5.82 Å². The van der Waals surface area contributed by atoms with Gasteiger partial charge in [0.25, 0.3) is 5.56 Å². The fourth-order valence-corrected chi connectivity index (χ4v) is 4.74. The van der Waals surface area contributed by atoms with E-state index in [0.717, 1.165) is 11.3 Å². The molecule has 0 bridgehead atoms. The summed E-state index contributed by atoms with van der Waals surface area (Å²) < 4.78 is 36.1. The zero-order valence-corrected chi connectivity index (χ0v) is 19.5. The Morgan fingerprint density at radius 2 is 1.88 bits per heavy atom. The number of rotatable bonds is 6. The molecule has 0 radical (unpaired) electrons. The molecule has 0 aliphatic rings. The highest BCUT2D eigenvalue weighted by atomic mass is 32.2. The lowest BCUT2D eigenvalue weighted by atomic mass is 10.2. The molecule has 9 nitrogen and oxygen atoms in total. The average molecular weight is 495 g/mol. The topological polar surface area (TPSA) is 130 Å². The number of ether oxygens (including phenoxy) is 1. The summed E-state index contributed by atoms with van der Waals surface area (Å²) in [5.74, 6) is 2.15. The standard InChI is InChI=1S/C23H18N4O5S2/c1-14-4-2-3-5-18(14)31-13-21-25-23-27(26-21)22(28)20(33-23)12-16-8-11-19(32-16)15-6-9-17(10-7-15)34(24,29)30/h2-12H,13H2,1H3,(H2,24,29,30). The second kappa shape index (κ2) is 8.52. The van der Waals surface area contributed by atoms with Gasteiger partial charge < -0.3 is 9.15 Å². The number of furan rings is 1. The number of sulfonamides is 1.